The summed E-state index contributed by atoms with van der Waals surface area (Å²) in [4.78, 5) is 3.88. The fourth-order valence-electron chi connectivity index (χ4n) is 0.550. The molecule has 3 heteroatoms. The van der Waals surface area contributed by atoms with Crippen LogP contribution in [0.1, 0.15) is 20.3 Å². The number of nitriles is 1. The molecule has 0 aromatic heterocycles. The van der Waals surface area contributed by atoms with E-state index >= 15 is 0 Å². The second-order valence-corrected chi connectivity index (χ2v) is 1.65. The maximum absolute atomic E-state index is 8.17. The van der Waals surface area contributed by atoms with Gasteiger partial charge in [0.25, 0.3) is 0 Å². The molecule has 0 radical (unpaired) electrons. The molecule has 0 spiro atoms. The van der Waals surface area contributed by atoms with Crippen molar-refractivity contribution >= 4 is 5.90 Å². The van der Waals surface area contributed by atoms with E-state index in [1.54, 1.807) is 0 Å². The van der Waals surface area contributed by atoms with Crippen molar-refractivity contribution in [3.8, 4) is 6.07 Å². The minimum Gasteiger partial charge on any atom is -0.481 e. The van der Waals surface area contributed by atoms with Crippen LogP contribution in [0.5, 0.6) is 0 Å². The first-order valence-corrected chi connectivity index (χ1v) is 3.38. The summed E-state index contributed by atoms with van der Waals surface area (Å²) in [5, 5.41) is 8.17. The van der Waals surface area contributed by atoms with Gasteiger partial charge >= 0.3 is 0 Å². The van der Waals surface area contributed by atoms with Gasteiger partial charge < -0.3 is 4.74 Å². The lowest BCUT2D eigenvalue weighted by atomic mass is 10.5. The van der Waals surface area contributed by atoms with Crippen molar-refractivity contribution < 1.29 is 4.74 Å². The highest BCUT2D eigenvalue weighted by atomic mass is 16.5. The number of rotatable bonds is 3. The molecule has 0 aliphatic heterocycles. The average Bonchev–Trinajstić information content (AvgIpc) is 1.98. The molecule has 0 saturated heterocycles. The zero-order chi connectivity index (χ0) is 7.82. The number of ether oxygens (including phenoxy) is 1. The predicted octanol–water partition coefficient (Wildman–Crippen LogP) is 1.35. The molecule has 0 N–H and O–H groups in total. The number of aliphatic imine (C=N–C) groups is 1. The largest absolute Gasteiger partial charge is 0.481 e. The summed E-state index contributed by atoms with van der Waals surface area (Å²) >= 11 is 0. The molecule has 0 aliphatic rings. The van der Waals surface area contributed by atoms with Crippen LogP contribution in [0.2, 0.25) is 0 Å². The summed E-state index contributed by atoms with van der Waals surface area (Å²) in [6.07, 6.45) is 0.759. The van der Waals surface area contributed by atoms with Crippen LogP contribution >= 0.6 is 0 Å². The minimum absolute atomic E-state index is 0.198. The van der Waals surface area contributed by atoms with Crippen LogP contribution in [0, 0.1) is 11.3 Å². The summed E-state index contributed by atoms with van der Waals surface area (Å²) in [6.45, 7) is 4.67. The maximum Gasteiger partial charge on any atom is 0.183 e. The summed E-state index contributed by atoms with van der Waals surface area (Å²) in [7, 11) is 0. The summed E-state index contributed by atoms with van der Waals surface area (Å²) in [5.41, 5.74) is 0. The standard InChI is InChI=1S/C7H12N2O/c1-3-7(10-4-2)9-6-5-8/h3-4,6H2,1-2H3/b9-7-. The van der Waals surface area contributed by atoms with Gasteiger partial charge in [0.2, 0.25) is 0 Å². The molecule has 0 saturated carbocycles. The van der Waals surface area contributed by atoms with Crippen molar-refractivity contribution in [1.29, 1.82) is 5.26 Å². The van der Waals surface area contributed by atoms with Crippen LogP contribution in [0.3, 0.4) is 0 Å². The van der Waals surface area contributed by atoms with Crippen LogP contribution in [-0.4, -0.2) is 19.0 Å². The molecule has 10 heavy (non-hydrogen) atoms. The van der Waals surface area contributed by atoms with Crippen molar-refractivity contribution in [3.05, 3.63) is 0 Å². The van der Waals surface area contributed by atoms with E-state index in [2.05, 4.69) is 4.99 Å². The third-order valence-corrected chi connectivity index (χ3v) is 0.940. The van der Waals surface area contributed by atoms with E-state index in [9.17, 15) is 0 Å². The highest BCUT2D eigenvalue weighted by Gasteiger charge is 1.91. The molecule has 0 heterocycles. The maximum atomic E-state index is 8.17. The molecular formula is C7H12N2O. The zero-order valence-corrected chi connectivity index (χ0v) is 6.42. The summed E-state index contributed by atoms with van der Waals surface area (Å²) in [6, 6.07) is 1.92. The molecular weight excluding hydrogens is 128 g/mol. The second kappa shape index (κ2) is 6.09. The van der Waals surface area contributed by atoms with E-state index in [0.29, 0.717) is 12.5 Å². The Balaban J connectivity index is 3.69. The van der Waals surface area contributed by atoms with Crippen molar-refractivity contribution in [2.45, 2.75) is 20.3 Å². The molecule has 0 bridgehead atoms. The molecule has 0 unspecified atom stereocenters. The molecule has 0 fully saturated rings. The van der Waals surface area contributed by atoms with Gasteiger partial charge in [0.05, 0.1) is 12.7 Å². The van der Waals surface area contributed by atoms with Crippen molar-refractivity contribution in [1.82, 2.24) is 0 Å². The molecule has 0 amide bonds. The Kier molecular flexibility index (Phi) is 5.45. The lowest BCUT2D eigenvalue weighted by Crippen LogP contribution is -2.03. The normalized spacial score (nSPS) is 10.7. The van der Waals surface area contributed by atoms with Gasteiger partial charge in [-0.2, -0.15) is 5.26 Å². The molecule has 0 atom stereocenters. The fourth-order valence-corrected chi connectivity index (χ4v) is 0.550. The van der Waals surface area contributed by atoms with Crippen LogP contribution < -0.4 is 0 Å². The van der Waals surface area contributed by atoms with Gasteiger partial charge in [-0.25, -0.2) is 4.99 Å². The smallest absolute Gasteiger partial charge is 0.183 e. The van der Waals surface area contributed by atoms with Crippen molar-refractivity contribution in [3.63, 3.8) is 0 Å². The second-order valence-electron chi connectivity index (χ2n) is 1.65. The van der Waals surface area contributed by atoms with Gasteiger partial charge in [0, 0.05) is 6.42 Å². The molecule has 0 aliphatic carbocycles. The molecule has 56 valence electrons. The third kappa shape index (κ3) is 3.90. The third-order valence-electron chi connectivity index (χ3n) is 0.940. The highest BCUT2D eigenvalue weighted by Crippen LogP contribution is 1.88. The first kappa shape index (κ1) is 8.96. The number of hydrogen-bond donors (Lipinski definition) is 0. The molecule has 0 aromatic carbocycles. The van der Waals surface area contributed by atoms with Gasteiger partial charge in [-0.3, -0.25) is 0 Å². The van der Waals surface area contributed by atoms with Gasteiger partial charge in [0.1, 0.15) is 6.54 Å². The van der Waals surface area contributed by atoms with Crippen molar-refractivity contribution in [2.24, 2.45) is 4.99 Å². The molecule has 0 aromatic rings. The monoisotopic (exact) mass is 140 g/mol. The fraction of sp³-hybridized carbons (Fsp3) is 0.714. The lowest BCUT2D eigenvalue weighted by Gasteiger charge is -2.01. The van der Waals surface area contributed by atoms with Crippen LogP contribution in [-0.2, 0) is 4.74 Å². The Morgan fingerprint density at radius 3 is 2.70 bits per heavy atom. The Labute approximate surface area is 61.3 Å². The van der Waals surface area contributed by atoms with Gasteiger partial charge in [-0.05, 0) is 6.92 Å². The SMILES string of the molecule is CCO/C(CC)=N\CC#N. The zero-order valence-electron chi connectivity index (χ0n) is 6.42. The molecule has 3 nitrogen and oxygen atoms in total. The molecule has 0 rings (SSSR count). The van der Waals surface area contributed by atoms with Crippen molar-refractivity contribution in [2.75, 3.05) is 13.2 Å². The quantitative estimate of drug-likeness (QED) is 0.337. The topological polar surface area (TPSA) is 45.4 Å². The van der Waals surface area contributed by atoms with Crippen LogP contribution in [0.25, 0.3) is 0 Å². The van der Waals surface area contributed by atoms with Crippen LogP contribution in [0.15, 0.2) is 4.99 Å². The van der Waals surface area contributed by atoms with E-state index in [-0.39, 0.29) is 6.54 Å². The predicted molar refractivity (Wildman–Crippen MR) is 39.8 cm³/mol. The summed E-state index contributed by atoms with van der Waals surface area (Å²) in [5.74, 6) is 0.670. The Hall–Kier alpha value is -1.04. The van der Waals surface area contributed by atoms with Gasteiger partial charge in [-0.15, -0.1) is 0 Å². The van der Waals surface area contributed by atoms with E-state index in [4.69, 9.17) is 10.00 Å². The lowest BCUT2D eigenvalue weighted by molar-refractivity contribution is 0.318. The number of hydrogen-bond acceptors (Lipinski definition) is 3. The highest BCUT2D eigenvalue weighted by molar-refractivity contribution is 5.75. The Morgan fingerprint density at radius 2 is 2.30 bits per heavy atom. The minimum atomic E-state index is 0.198. The summed E-state index contributed by atoms with van der Waals surface area (Å²) < 4.78 is 5.09. The first-order valence-electron chi connectivity index (χ1n) is 3.38. The van der Waals surface area contributed by atoms with E-state index in [0.717, 1.165) is 6.42 Å². The van der Waals surface area contributed by atoms with Crippen LogP contribution in [0.4, 0.5) is 0 Å². The van der Waals surface area contributed by atoms with Gasteiger partial charge in [-0.1, -0.05) is 6.92 Å². The van der Waals surface area contributed by atoms with E-state index in [1.165, 1.54) is 0 Å². The Bertz CT molecular complexity index is 146. The average molecular weight is 140 g/mol. The van der Waals surface area contributed by atoms with E-state index < -0.39 is 0 Å². The van der Waals surface area contributed by atoms with E-state index in [1.807, 2.05) is 19.9 Å². The number of nitrogens with zero attached hydrogens (tertiary/aromatic N) is 2. The van der Waals surface area contributed by atoms with Gasteiger partial charge in [0.15, 0.2) is 5.90 Å². The first-order chi connectivity index (χ1) is 4.85. The Morgan fingerprint density at radius 1 is 1.60 bits per heavy atom.